The van der Waals surface area contributed by atoms with Crippen molar-refractivity contribution in [1.82, 2.24) is 10.6 Å². The van der Waals surface area contributed by atoms with Crippen LogP contribution in [0, 0.1) is 5.82 Å². The highest BCUT2D eigenvalue weighted by Gasteiger charge is 2.30. The third kappa shape index (κ3) is 8.06. The number of aliphatic hydroxyl groups is 1. The molecule has 0 heterocycles. The molecule has 0 aromatic heterocycles. The summed E-state index contributed by atoms with van der Waals surface area (Å²) in [4.78, 5) is 23.7. The largest absolute Gasteiger partial charge is 0.491 e. The van der Waals surface area contributed by atoms with Crippen LogP contribution in [0.4, 0.5) is 17.6 Å². The van der Waals surface area contributed by atoms with Crippen LogP contribution in [0.25, 0.3) is 0 Å². The van der Waals surface area contributed by atoms with E-state index in [0.717, 1.165) is 24.3 Å². The van der Waals surface area contributed by atoms with Gasteiger partial charge in [-0.25, -0.2) is 4.39 Å². The fourth-order valence-electron chi connectivity index (χ4n) is 2.39. The number of amides is 2. The number of carbonyl (C=O) groups is 2. The van der Waals surface area contributed by atoms with E-state index in [0.29, 0.717) is 0 Å². The van der Waals surface area contributed by atoms with Crippen molar-refractivity contribution in [3.63, 3.8) is 0 Å². The highest BCUT2D eigenvalue weighted by Crippen LogP contribution is 2.31. The van der Waals surface area contributed by atoms with E-state index in [-0.39, 0.29) is 42.5 Å². The minimum atomic E-state index is -4.51. The average Bonchev–Trinajstić information content (AvgIpc) is 2.70. The molecule has 0 radical (unpaired) electrons. The maximum atomic E-state index is 13.0. The van der Waals surface area contributed by atoms with Crippen LogP contribution in [-0.4, -0.2) is 42.7 Å². The molecule has 11 heteroatoms. The number of benzene rings is 2. The molecule has 0 aliphatic rings. The first-order valence-electron chi connectivity index (χ1n) is 9.04. The number of rotatable bonds is 9. The summed E-state index contributed by atoms with van der Waals surface area (Å²) < 4.78 is 56.1. The Balaban J connectivity index is 1.68. The molecule has 2 rings (SSSR count). The summed E-state index contributed by atoms with van der Waals surface area (Å²) in [5, 5.41) is 14.6. The van der Waals surface area contributed by atoms with Gasteiger partial charge in [-0.05, 0) is 36.4 Å². The van der Waals surface area contributed by atoms with E-state index in [2.05, 4.69) is 10.6 Å². The summed E-state index contributed by atoms with van der Waals surface area (Å²) in [6, 6.07) is 7.49. The topological polar surface area (TPSA) is 87.7 Å². The maximum absolute atomic E-state index is 13.0. The Kier molecular flexibility index (Phi) is 8.64. The molecule has 2 aromatic carbocycles. The van der Waals surface area contributed by atoms with Crippen LogP contribution >= 0.6 is 11.6 Å². The zero-order valence-corrected chi connectivity index (χ0v) is 16.8. The number of hydrogen-bond donors (Lipinski definition) is 3. The molecule has 0 fully saturated rings. The van der Waals surface area contributed by atoms with Gasteiger partial charge in [0.25, 0.3) is 5.91 Å². The summed E-state index contributed by atoms with van der Waals surface area (Å²) >= 11 is 5.78. The molecule has 0 aliphatic carbocycles. The van der Waals surface area contributed by atoms with Crippen molar-refractivity contribution in [3.05, 3.63) is 64.4 Å². The van der Waals surface area contributed by atoms with E-state index in [1.807, 2.05) is 0 Å². The van der Waals surface area contributed by atoms with Gasteiger partial charge in [0.15, 0.2) is 0 Å². The lowest BCUT2D eigenvalue weighted by atomic mass is 10.2. The minimum Gasteiger partial charge on any atom is -0.491 e. The fourth-order valence-corrected chi connectivity index (χ4v) is 2.65. The lowest BCUT2D eigenvalue weighted by Crippen LogP contribution is -2.37. The zero-order chi connectivity index (χ0) is 23.0. The normalized spacial score (nSPS) is 12.2. The summed E-state index contributed by atoms with van der Waals surface area (Å²) in [5.74, 6) is -1.71. The lowest BCUT2D eigenvalue weighted by molar-refractivity contribution is -0.137. The first-order valence-corrected chi connectivity index (χ1v) is 9.42. The van der Waals surface area contributed by atoms with E-state index in [4.69, 9.17) is 16.3 Å². The van der Waals surface area contributed by atoms with Gasteiger partial charge in [-0.1, -0.05) is 17.7 Å². The van der Waals surface area contributed by atoms with Crippen molar-refractivity contribution < 1.29 is 37.0 Å². The maximum Gasteiger partial charge on any atom is 0.416 e. The summed E-state index contributed by atoms with van der Waals surface area (Å²) in [5.41, 5.74) is -0.817. The third-order valence-corrected chi connectivity index (χ3v) is 4.26. The predicted octanol–water partition coefficient (Wildman–Crippen LogP) is 3.17. The molecule has 0 bridgehead atoms. The molecule has 2 amide bonds. The predicted molar refractivity (Wildman–Crippen MR) is 104 cm³/mol. The van der Waals surface area contributed by atoms with Gasteiger partial charge in [0.05, 0.1) is 16.1 Å². The molecule has 168 valence electrons. The molecule has 1 atom stereocenters. The average molecular weight is 463 g/mol. The Morgan fingerprint density at radius 1 is 1.13 bits per heavy atom. The van der Waals surface area contributed by atoms with E-state index in [9.17, 15) is 32.3 Å². The first-order chi connectivity index (χ1) is 14.6. The number of alkyl halides is 3. The number of aliphatic hydroxyl groups excluding tert-OH is 1. The van der Waals surface area contributed by atoms with Crippen molar-refractivity contribution >= 4 is 23.4 Å². The monoisotopic (exact) mass is 462 g/mol. The number of ether oxygens (including phenoxy) is 1. The lowest BCUT2D eigenvalue weighted by Gasteiger charge is -2.14. The van der Waals surface area contributed by atoms with Crippen LogP contribution in [0.15, 0.2) is 42.5 Å². The molecule has 0 saturated carbocycles. The van der Waals surface area contributed by atoms with Gasteiger partial charge >= 0.3 is 6.18 Å². The number of nitrogens with one attached hydrogen (secondary N) is 2. The molecule has 3 N–H and O–H groups in total. The second-order valence-electron chi connectivity index (χ2n) is 6.42. The molecule has 1 unspecified atom stereocenters. The van der Waals surface area contributed by atoms with Gasteiger partial charge in [-0.15, -0.1) is 0 Å². The minimum absolute atomic E-state index is 0.0325. The van der Waals surface area contributed by atoms with Gasteiger partial charge in [-0.2, -0.15) is 13.2 Å². The van der Waals surface area contributed by atoms with Crippen LogP contribution < -0.4 is 15.4 Å². The Morgan fingerprint density at radius 3 is 2.55 bits per heavy atom. The van der Waals surface area contributed by atoms with Crippen molar-refractivity contribution in [2.45, 2.75) is 18.7 Å². The van der Waals surface area contributed by atoms with Gasteiger partial charge in [-0.3, -0.25) is 9.59 Å². The van der Waals surface area contributed by atoms with Gasteiger partial charge in [0, 0.05) is 19.5 Å². The Bertz CT molecular complexity index is 924. The van der Waals surface area contributed by atoms with Crippen LogP contribution in [0.5, 0.6) is 5.75 Å². The number of halogens is 5. The molecule has 0 saturated heterocycles. The molecule has 0 spiro atoms. The molecule has 2 aromatic rings. The SMILES string of the molecule is O=C(CCNC(=O)c1ccc(F)cc1Cl)NCC(O)COc1cccc(C(F)(F)F)c1. The second kappa shape index (κ2) is 11.0. The van der Waals surface area contributed by atoms with Crippen molar-refractivity contribution in [2.24, 2.45) is 0 Å². The Labute approximate surface area is 180 Å². The summed E-state index contributed by atoms with van der Waals surface area (Å²) in [6.07, 6.45) is -5.78. The van der Waals surface area contributed by atoms with Crippen molar-refractivity contribution in [1.29, 1.82) is 0 Å². The van der Waals surface area contributed by atoms with E-state index < -0.39 is 35.5 Å². The van der Waals surface area contributed by atoms with Crippen LogP contribution in [-0.2, 0) is 11.0 Å². The quantitative estimate of drug-likeness (QED) is 0.500. The Hall–Kier alpha value is -2.85. The van der Waals surface area contributed by atoms with Crippen molar-refractivity contribution in [3.8, 4) is 5.75 Å². The molecular weight excluding hydrogens is 444 g/mol. The van der Waals surface area contributed by atoms with Gasteiger partial charge in [0.1, 0.15) is 24.3 Å². The Morgan fingerprint density at radius 2 is 1.87 bits per heavy atom. The van der Waals surface area contributed by atoms with Crippen LogP contribution in [0.2, 0.25) is 5.02 Å². The molecule has 6 nitrogen and oxygen atoms in total. The zero-order valence-electron chi connectivity index (χ0n) is 16.0. The summed E-state index contributed by atoms with van der Waals surface area (Å²) in [6.45, 7) is -0.563. The van der Waals surface area contributed by atoms with E-state index in [1.165, 1.54) is 18.2 Å². The molecular formula is C20H19ClF4N2O4. The molecule has 0 aliphatic heterocycles. The van der Waals surface area contributed by atoms with E-state index >= 15 is 0 Å². The highest BCUT2D eigenvalue weighted by molar-refractivity contribution is 6.33. The van der Waals surface area contributed by atoms with Gasteiger partial charge in [0.2, 0.25) is 5.91 Å². The highest BCUT2D eigenvalue weighted by atomic mass is 35.5. The smallest absolute Gasteiger partial charge is 0.416 e. The second-order valence-corrected chi connectivity index (χ2v) is 6.83. The van der Waals surface area contributed by atoms with Crippen molar-refractivity contribution in [2.75, 3.05) is 19.7 Å². The van der Waals surface area contributed by atoms with E-state index in [1.54, 1.807) is 0 Å². The number of hydrogen-bond acceptors (Lipinski definition) is 4. The van der Waals surface area contributed by atoms with Crippen LogP contribution in [0.3, 0.4) is 0 Å². The molecule has 31 heavy (non-hydrogen) atoms. The van der Waals surface area contributed by atoms with Crippen LogP contribution in [0.1, 0.15) is 22.3 Å². The number of carbonyl (C=O) groups excluding carboxylic acids is 2. The fraction of sp³-hybridized carbons (Fsp3) is 0.300. The standard InChI is InChI=1S/C20H19ClF4N2O4/c21-17-9-13(22)4-5-16(17)19(30)26-7-6-18(29)27-10-14(28)11-31-15-3-1-2-12(8-15)20(23,24)25/h1-5,8-9,14,28H,6-7,10-11H2,(H,26,30)(H,27,29). The third-order valence-electron chi connectivity index (χ3n) is 3.95. The summed E-state index contributed by atoms with van der Waals surface area (Å²) in [7, 11) is 0. The van der Waals surface area contributed by atoms with Gasteiger partial charge < -0.3 is 20.5 Å². The first kappa shape index (κ1) is 24.4.